The number of hydrogen-bond acceptors (Lipinski definition) is 4. The number of benzene rings is 2. The molecule has 0 spiro atoms. The van der Waals surface area contributed by atoms with Crippen LogP contribution in [0.1, 0.15) is 11.3 Å². The van der Waals surface area contributed by atoms with Gasteiger partial charge in [0.05, 0.1) is 17.5 Å². The van der Waals surface area contributed by atoms with Crippen LogP contribution < -0.4 is 4.74 Å². The van der Waals surface area contributed by atoms with Gasteiger partial charge in [-0.15, -0.1) is 0 Å². The quantitative estimate of drug-likeness (QED) is 0.637. The fourth-order valence-electron chi connectivity index (χ4n) is 2.92. The molecule has 0 aliphatic carbocycles. The summed E-state index contributed by atoms with van der Waals surface area (Å²) in [5, 5.41) is 1.14. The average molecular weight is 378 g/mol. The van der Waals surface area contributed by atoms with Crippen LogP contribution in [-0.4, -0.2) is 25.8 Å². The fourth-order valence-corrected chi connectivity index (χ4v) is 4.63. The molecule has 0 amide bonds. The van der Waals surface area contributed by atoms with E-state index in [1.54, 1.807) is 25.1 Å². The standard InChI is InChI=1S/C18H16ClNO4S/c1-12-16(9-10-21)17-11-14(24-2)5-8-18(17)20(12)25(22,23)15-6-3-13(19)4-7-15/h3-8,10-11H,9H2,1-2H3. The molecule has 130 valence electrons. The van der Waals surface area contributed by atoms with E-state index in [-0.39, 0.29) is 11.3 Å². The lowest BCUT2D eigenvalue weighted by atomic mass is 10.1. The van der Waals surface area contributed by atoms with Crippen molar-refractivity contribution in [3.05, 3.63) is 58.7 Å². The van der Waals surface area contributed by atoms with Crippen molar-refractivity contribution in [1.82, 2.24) is 3.97 Å². The van der Waals surface area contributed by atoms with Crippen molar-refractivity contribution in [3.63, 3.8) is 0 Å². The number of nitrogens with zero attached hydrogens (tertiary/aromatic N) is 1. The Labute approximate surface area is 150 Å². The highest BCUT2D eigenvalue weighted by atomic mass is 35.5. The van der Waals surface area contributed by atoms with Crippen LogP contribution in [0.4, 0.5) is 0 Å². The van der Waals surface area contributed by atoms with Gasteiger partial charge in [0.2, 0.25) is 0 Å². The summed E-state index contributed by atoms with van der Waals surface area (Å²) < 4.78 is 32.8. The van der Waals surface area contributed by atoms with E-state index in [0.717, 1.165) is 6.29 Å². The normalized spacial score (nSPS) is 11.6. The minimum absolute atomic E-state index is 0.124. The van der Waals surface area contributed by atoms with Gasteiger partial charge in [0, 0.05) is 22.5 Å². The summed E-state index contributed by atoms with van der Waals surface area (Å²) in [5.41, 5.74) is 1.68. The molecule has 0 fully saturated rings. The summed E-state index contributed by atoms with van der Waals surface area (Å²) in [7, 11) is -2.29. The van der Waals surface area contributed by atoms with Gasteiger partial charge in [-0.25, -0.2) is 12.4 Å². The number of halogens is 1. The van der Waals surface area contributed by atoms with E-state index in [1.165, 1.54) is 35.3 Å². The number of rotatable bonds is 5. The molecular formula is C18H16ClNO4S. The Balaban J connectivity index is 2.34. The molecule has 0 aliphatic rings. The fraction of sp³-hybridized carbons (Fsp3) is 0.167. The minimum atomic E-state index is -3.83. The molecule has 0 N–H and O–H groups in total. The number of methoxy groups -OCH3 is 1. The van der Waals surface area contributed by atoms with E-state index in [2.05, 4.69) is 0 Å². The van der Waals surface area contributed by atoms with Gasteiger partial charge in [0.15, 0.2) is 0 Å². The van der Waals surface area contributed by atoms with Gasteiger partial charge in [-0.1, -0.05) is 11.6 Å². The zero-order valence-corrected chi connectivity index (χ0v) is 15.3. The SMILES string of the molecule is COc1ccc2c(c1)c(CC=O)c(C)n2S(=O)(=O)c1ccc(Cl)cc1. The van der Waals surface area contributed by atoms with Crippen molar-refractivity contribution >= 4 is 38.8 Å². The molecule has 0 bridgehead atoms. The number of aldehydes is 1. The maximum atomic E-state index is 13.2. The van der Waals surface area contributed by atoms with Crippen LogP contribution in [0.5, 0.6) is 5.75 Å². The second kappa shape index (κ2) is 6.54. The van der Waals surface area contributed by atoms with Gasteiger partial charge in [-0.3, -0.25) is 0 Å². The van der Waals surface area contributed by atoms with Gasteiger partial charge in [-0.05, 0) is 55.0 Å². The first-order valence-corrected chi connectivity index (χ1v) is 9.34. The largest absolute Gasteiger partial charge is 0.497 e. The number of carbonyl (C=O) groups is 1. The number of fused-ring (bicyclic) bond motifs is 1. The smallest absolute Gasteiger partial charge is 0.268 e. The van der Waals surface area contributed by atoms with Crippen molar-refractivity contribution < 1.29 is 17.9 Å². The lowest BCUT2D eigenvalue weighted by molar-refractivity contribution is -0.107. The summed E-state index contributed by atoms with van der Waals surface area (Å²) in [6.07, 6.45) is 0.888. The maximum Gasteiger partial charge on any atom is 0.268 e. The molecule has 0 aliphatic heterocycles. The zero-order valence-electron chi connectivity index (χ0n) is 13.7. The molecule has 0 radical (unpaired) electrons. The van der Waals surface area contributed by atoms with Crippen molar-refractivity contribution in [1.29, 1.82) is 0 Å². The third kappa shape index (κ3) is 2.92. The van der Waals surface area contributed by atoms with E-state index in [0.29, 0.717) is 32.9 Å². The van der Waals surface area contributed by atoms with E-state index in [1.807, 2.05) is 0 Å². The van der Waals surface area contributed by atoms with Crippen LogP contribution in [0.25, 0.3) is 10.9 Å². The van der Waals surface area contributed by atoms with Crippen LogP contribution >= 0.6 is 11.6 Å². The third-order valence-corrected chi connectivity index (χ3v) is 6.20. The van der Waals surface area contributed by atoms with Crippen LogP contribution in [-0.2, 0) is 21.2 Å². The van der Waals surface area contributed by atoms with Gasteiger partial charge in [0.1, 0.15) is 12.0 Å². The second-order valence-corrected chi connectivity index (χ2v) is 7.76. The topological polar surface area (TPSA) is 65.4 Å². The zero-order chi connectivity index (χ0) is 18.2. The summed E-state index contributed by atoms with van der Waals surface area (Å²) >= 11 is 5.86. The van der Waals surface area contributed by atoms with Crippen molar-refractivity contribution in [2.45, 2.75) is 18.2 Å². The third-order valence-electron chi connectivity index (χ3n) is 4.13. The minimum Gasteiger partial charge on any atom is -0.497 e. The molecule has 3 aromatic rings. The number of aromatic nitrogens is 1. The van der Waals surface area contributed by atoms with E-state index in [9.17, 15) is 13.2 Å². The first-order chi connectivity index (χ1) is 11.9. The van der Waals surface area contributed by atoms with Crippen LogP contribution in [0.3, 0.4) is 0 Å². The molecule has 5 nitrogen and oxygen atoms in total. The summed E-state index contributed by atoms with van der Waals surface area (Å²) in [6.45, 7) is 1.69. The lowest BCUT2D eigenvalue weighted by Gasteiger charge is -2.10. The summed E-state index contributed by atoms with van der Waals surface area (Å²) in [4.78, 5) is 11.2. The van der Waals surface area contributed by atoms with Crippen LogP contribution in [0.15, 0.2) is 47.4 Å². The molecule has 3 rings (SSSR count). The van der Waals surface area contributed by atoms with Gasteiger partial charge in [-0.2, -0.15) is 0 Å². The first kappa shape index (κ1) is 17.5. The predicted octanol–water partition coefficient (Wildman–Crippen LogP) is 3.59. The Morgan fingerprint density at radius 3 is 2.44 bits per heavy atom. The highest BCUT2D eigenvalue weighted by Gasteiger charge is 2.25. The molecule has 0 atom stereocenters. The molecule has 25 heavy (non-hydrogen) atoms. The van der Waals surface area contributed by atoms with Crippen molar-refractivity contribution in [3.8, 4) is 5.75 Å². The van der Waals surface area contributed by atoms with E-state index >= 15 is 0 Å². The maximum absolute atomic E-state index is 13.2. The molecule has 2 aromatic carbocycles. The Hall–Kier alpha value is -2.31. The molecule has 0 unspecified atom stereocenters. The van der Waals surface area contributed by atoms with Crippen molar-refractivity contribution in [2.24, 2.45) is 0 Å². The van der Waals surface area contributed by atoms with Gasteiger partial charge < -0.3 is 9.53 Å². The first-order valence-electron chi connectivity index (χ1n) is 7.53. The predicted molar refractivity (Wildman–Crippen MR) is 97.0 cm³/mol. The molecule has 0 saturated carbocycles. The van der Waals surface area contributed by atoms with E-state index in [4.69, 9.17) is 16.3 Å². The van der Waals surface area contributed by atoms with Crippen LogP contribution in [0.2, 0.25) is 5.02 Å². The van der Waals surface area contributed by atoms with Gasteiger partial charge >= 0.3 is 0 Å². The second-order valence-electron chi connectivity index (χ2n) is 5.54. The molecule has 7 heteroatoms. The van der Waals surface area contributed by atoms with Gasteiger partial charge in [0.25, 0.3) is 10.0 Å². The number of carbonyl (C=O) groups excluding carboxylic acids is 1. The Morgan fingerprint density at radius 2 is 1.84 bits per heavy atom. The molecule has 0 saturated heterocycles. The monoisotopic (exact) mass is 377 g/mol. The summed E-state index contributed by atoms with van der Waals surface area (Å²) in [5.74, 6) is 0.598. The van der Waals surface area contributed by atoms with Crippen molar-refractivity contribution in [2.75, 3.05) is 7.11 Å². The Bertz CT molecular complexity index is 1050. The van der Waals surface area contributed by atoms with Crippen LogP contribution in [0, 0.1) is 6.92 Å². The molecule has 1 aromatic heterocycles. The highest BCUT2D eigenvalue weighted by Crippen LogP contribution is 2.32. The molecular weight excluding hydrogens is 362 g/mol. The van der Waals surface area contributed by atoms with E-state index < -0.39 is 10.0 Å². The average Bonchev–Trinajstić information content (AvgIpc) is 2.87. The summed E-state index contributed by atoms with van der Waals surface area (Å²) in [6, 6.07) is 11.1. The lowest BCUT2D eigenvalue weighted by Crippen LogP contribution is -2.14. The Kier molecular flexibility index (Phi) is 4.58. The number of hydrogen-bond donors (Lipinski definition) is 0. The number of ether oxygens (including phenoxy) is 1. The molecule has 1 heterocycles. The highest BCUT2D eigenvalue weighted by molar-refractivity contribution is 7.90. The Morgan fingerprint density at radius 1 is 1.16 bits per heavy atom.